The summed E-state index contributed by atoms with van der Waals surface area (Å²) in [6.07, 6.45) is 1.36. The highest BCUT2D eigenvalue weighted by molar-refractivity contribution is 7.57. The summed E-state index contributed by atoms with van der Waals surface area (Å²) in [5.41, 5.74) is 0.385. The Labute approximate surface area is 111 Å². The fraction of sp³-hybridized carbons (Fsp3) is 0.364. The van der Waals surface area contributed by atoms with Gasteiger partial charge in [-0.1, -0.05) is 0 Å². The molecule has 0 bridgehead atoms. The molecule has 1 aromatic heterocycles. The van der Waals surface area contributed by atoms with Gasteiger partial charge in [0.25, 0.3) is 0 Å². The topological polar surface area (TPSA) is 54.0 Å². The number of ether oxygens (including phenoxy) is 2. The summed E-state index contributed by atoms with van der Waals surface area (Å²) in [7, 11) is 3.33. The summed E-state index contributed by atoms with van der Waals surface area (Å²) < 4.78 is 20.5. The van der Waals surface area contributed by atoms with E-state index >= 15 is 0 Å². The molecule has 0 aromatic carbocycles. The van der Waals surface area contributed by atoms with Gasteiger partial charge in [0.1, 0.15) is 6.26 Å². The Kier molecular flexibility index (Phi) is 6.29. The van der Waals surface area contributed by atoms with Gasteiger partial charge in [0.05, 0.1) is 18.0 Å². The first-order valence-electron chi connectivity index (χ1n) is 5.01. The van der Waals surface area contributed by atoms with Gasteiger partial charge in [-0.2, -0.15) is 0 Å². The molecule has 5 nitrogen and oxygen atoms in total. The molecule has 0 fully saturated rings. The average molecular weight is 290 g/mol. The largest absolute Gasteiger partial charge is 0.466 e. The van der Waals surface area contributed by atoms with Crippen LogP contribution in [-0.4, -0.2) is 27.3 Å². The minimum atomic E-state index is -1.14. The minimum absolute atomic E-state index is 0.385. The molecule has 0 saturated heterocycles. The van der Waals surface area contributed by atoms with Crippen molar-refractivity contribution in [2.24, 2.45) is 0 Å². The first-order valence-corrected chi connectivity index (χ1v) is 7.07. The third kappa shape index (κ3) is 3.78. The van der Waals surface area contributed by atoms with Crippen LogP contribution in [-0.2, 0) is 18.6 Å². The highest BCUT2D eigenvalue weighted by Crippen LogP contribution is 2.40. The summed E-state index contributed by atoms with van der Waals surface area (Å²) in [6.45, 7) is 1.62. The molecule has 1 aromatic rings. The lowest BCUT2D eigenvalue weighted by Gasteiger charge is -2.11. The van der Waals surface area contributed by atoms with Gasteiger partial charge in [0, 0.05) is 14.2 Å². The lowest BCUT2D eigenvalue weighted by Crippen LogP contribution is -2.06. The third-order valence-electron chi connectivity index (χ3n) is 1.99. The van der Waals surface area contributed by atoms with Crippen molar-refractivity contribution in [3.63, 3.8) is 0 Å². The maximum Gasteiger partial charge on any atom is 0.336 e. The van der Waals surface area contributed by atoms with Gasteiger partial charge in [-0.3, -0.25) is 0 Å². The second kappa shape index (κ2) is 7.48. The smallest absolute Gasteiger partial charge is 0.336 e. The number of hydrogen-bond acceptors (Lipinski definition) is 6. The van der Waals surface area contributed by atoms with Crippen LogP contribution in [0.2, 0.25) is 0 Å². The molecule has 7 heteroatoms. The molecule has 1 rings (SSSR count). The Hall–Kier alpha value is -0.940. The summed E-state index contributed by atoms with van der Waals surface area (Å²) in [4.78, 5) is 11.2. The van der Waals surface area contributed by atoms with E-state index in [1.165, 1.54) is 24.7 Å². The van der Waals surface area contributed by atoms with E-state index in [4.69, 9.17) is 13.8 Å². The Bertz CT molecular complexity index is 425. The van der Waals surface area contributed by atoms with Crippen LogP contribution in [0.1, 0.15) is 6.92 Å². The molecule has 0 aliphatic carbocycles. The molecular formula is C11H15O5PS. The average Bonchev–Trinajstić information content (AvgIpc) is 2.85. The van der Waals surface area contributed by atoms with Gasteiger partial charge in [0.2, 0.25) is 8.38 Å². The normalized spacial score (nSPS) is 11.7. The highest BCUT2D eigenvalue weighted by Gasteiger charge is 2.17. The van der Waals surface area contributed by atoms with Gasteiger partial charge in [-0.05, 0) is 18.4 Å². The lowest BCUT2D eigenvalue weighted by molar-refractivity contribution is -0.136. The molecule has 0 atom stereocenters. The van der Waals surface area contributed by atoms with Gasteiger partial charge in [0.15, 0.2) is 5.06 Å². The van der Waals surface area contributed by atoms with Crippen LogP contribution < -0.4 is 10.0 Å². The Morgan fingerprint density at radius 3 is 2.56 bits per heavy atom. The van der Waals surface area contributed by atoms with Crippen LogP contribution in [0.25, 0.3) is 0 Å². The van der Waals surface area contributed by atoms with Crippen molar-refractivity contribution >= 4 is 31.0 Å². The van der Waals surface area contributed by atoms with E-state index in [9.17, 15) is 4.79 Å². The zero-order valence-corrected chi connectivity index (χ0v) is 12.3. The predicted molar refractivity (Wildman–Crippen MR) is 71.3 cm³/mol. The van der Waals surface area contributed by atoms with Crippen molar-refractivity contribution in [2.75, 3.05) is 21.3 Å². The van der Waals surface area contributed by atoms with Crippen molar-refractivity contribution in [3.05, 3.63) is 23.3 Å². The number of carbonyl (C=O) groups is 1. The summed E-state index contributed by atoms with van der Waals surface area (Å²) >= 11 is 1.41. The second-order valence-electron chi connectivity index (χ2n) is 3.13. The number of esters is 1. The van der Waals surface area contributed by atoms with Crippen molar-refractivity contribution in [1.29, 1.82) is 0 Å². The lowest BCUT2D eigenvalue weighted by atomic mass is 10.3. The number of carbonyl (C=O) groups excluding carboxylic acids is 1. The molecule has 100 valence electrons. The number of methoxy groups -OCH3 is 1. The van der Waals surface area contributed by atoms with Crippen LogP contribution in [0.3, 0.4) is 0 Å². The molecule has 0 amide bonds. The molecule has 18 heavy (non-hydrogen) atoms. The van der Waals surface area contributed by atoms with Crippen LogP contribution >= 0.6 is 19.7 Å². The van der Waals surface area contributed by atoms with E-state index in [1.54, 1.807) is 21.1 Å². The molecule has 0 unspecified atom stereocenters. The zero-order valence-electron chi connectivity index (χ0n) is 10.6. The maximum atomic E-state index is 11.2. The molecular weight excluding hydrogens is 275 g/mol. The summed E-state index contributed by atoms with van der Waals surface area (Å²) in [5.74, 6) is -0.422. The van der Waals surface area contributed by atoms with Crippen molar-refractivity contribution in [1.82, 2.24) is 0 Å². The van der Waals surface area contributed by atoms with E-state index in [-0.39, 0.29) is 0 Å². The third-order valence-corrected chi connectivity index (χ3v) is 4.35. The molecule has 0 aliphatic heterocycles. The fourth-order valence-electron chi connectivity index (χ4n) is 1.13. The Balaban J connectivity index is 2.80. The molecule has 0 saturated carbocycles. The zero-order chi connectivity index (χ0) is 13.5. The van der Waals surface area contributed by atoms with Crippen LogP contribution in [0.4, 0.5) is 0 Å². The van der Waals surface area contributed by atoms with Crippen molar-refractivity contribution < 1.29 is 23.3 Å². The molecule has 0 N–H and O–H groups in total. The SMILES string of the molecule is COC(=O)/C(C)=C/Oc1sccc1P(OC)OC. The Morgan fingerprint density at radius 2 is 2.00 bits per heavy atom. The molecule has 0 aliphatic rings. The molecule has 0 radical (unpaired) electrons. The number of rotatable bonds is 6. The molecule has 1 heterocycles. The van der Waals surface area contributed by atoms with E-state index in [1.807, 2.05) is 11.4 Å². The van der Waals surface area contributed by atoms with E-state index < -0.39 is 14.3 Å². The van der Waals surface area contributed by atoms with Crippen LogP contribution in [0.15, 0.2) is 23.3 Å². The van der Waals surface area contributed by atoms with Gasteiger partial charge < -0.3 is 18.5 Å². The van der Waals surface area contributed by atoms with Crippen LogP contribution in [0.5, 0.6) is 5.06 Å². The Morgan fingerprint density at radius 1 is 1.33 bits per heavy atom. The van der Waals surface area contributed by atoms with Crippen LogP contribution in [0, 0.1) is 0 Å². The second-order valence-corrected chi connectivity index (χ2v) is 5.73. The van der Waals surface area contributed by atoms with E-state index in [0.717, 1.165) is 5.30 Å². The highest BCUT2D eigenvalue weighted by atomic mass is 32.1. The first kappa shape index (κ1) is 15.1. The predicted octanol–water partition coefficient (Wildman–Crippen LogP) is 2.43. The van der Waals surface area contributed by atoms with Gasteiger partial charge in [-0.15, -0.1) is 11.3 Å². The van der Waals surface area contributed by atoms with E-state index in [2.05, 4.69) is 4.74 Å². The van der Waals surface area contributed by atoms with E-state index in [0.29, 0.717) is 10.6 Å². The fourth-order valence-corrected chi connectivity index (χ4v) is 3.18. The van der Waals surface area contributed by atoms with Crippen molar-refractivity contribution in [2.45, 2.75) is 6.92 Å². The first-order chi connectivity index (χ1) is 8.63. The monoisotopic (exact) mass is 290 g/mol. The van der Waals surface area contributed by atoms with Gasteiger partial charge in [-0.25, -0.2) is 4.79 Å². The maximum absolute atomic E-state index is 11.2. The molecule has 0 spiro atoms. The number of thiophene rings is 1. The summed E-state index contributed by atoms with van der Waals surface area (Å²) in [5, 5.41) is 3.36. The van der Waals surface area contributed by atoms with Gasteiger partial charge >= 0.3 is 5.97 Å². The standard InChI is InChI=1S/C11H15O5PS/c1-8(10(12)13-2)7-16-11-9(5-6-18-11)17(14-3)15-4/h5-7H,1-4H3/b8-7+. The number of hydrogen-bond donors (Lipinski definition) is 0. The quantitative estimate of drug-likeness (QED) is 0.348. The summed E-state index contributed by atoms with van der Waals surface area (Å²) in [6, 6.07) is 1.88. The van der Waals surface area contributed by atoms with Crippen molar-refractivity contribution in [3.8, 4) is 5.06 Å². The minimum Gasteiger partial charge on any atom is -0.466 e.